The molecule has 2 heterocycles. The van der Waals surface area contributed by atoms with Crippen LogP contribution in [0.2, 0.25) is 0 Å². The summed E-state index contributed by atoms with van der Waals surface area (Å²) in [5.41, 5.74) is 2.38. The number of thiazole rings is 1. The average Bonchev–Trinajstić information content (AvgIpc) is 3.16. The Morgan fingerprint density at radius 2 is 1.79 bits per heavy atom. The van der Waals surface area contributed by atoms with Crippen LogP contribution >= 0.6 is 11.3 Å². The lowest BCUT2D eigenvalue weighted by atomic mass is 9.78. The number of hydrogen-bond donors (Lipinski definition) is 1. The van der Waals surface area contributed by atoms with Gasteiger partial charge in [-0.05, 0) is 51.2 Å². The molecule has 5 nitrogen and oxygen atoms in total. The van der Waals surface area contributed by atoms with E-state index < -0.39 is 0 Å². The molecule has 156 valence electrons. The molecule has 1 aliphatic heterocycles. The molecule has 0 unspecified atom stereocenters. The second kappa shape index (κ2) is 7.53. The van der Waals surface area contributed by atoms with Crippen molar-refractivity contribution < 1.29 is 14.1 Å². The number of nitrogens with one attached hydrogen (secondary N) is 1. The normalized spacial score (nSPS) is 18.1. The molecule has 1 aromatic heterocycles. The number of benzene rings is 1. The molecule has 0 spiro atoms. The smallest absolute Gasteiger partial charge is 0.399 e. The average molecular weight is 414 g/mol. The van der Waals surface area contributed by atoms with Gasteiger partial charge in [0.05, 0.1) is 22.4 Å². The predicted octanol–water partition coefficient (Wildman–Crippen LogP) is 3.98. The Hall–Kier alpha value is -1.70. The van der Waals surface area contributed by atoms with E-state index in [1.807, 2.05) is 46.8 Å². The Kier molecular flexibility index (Phi) is 5.71. The van der Waals surface area contributed by atoms with Crippen LogP contribution in [-0.4, -0.2) is 29.2 Å². The molecule has 29 heavy (non-hydrogen) atoms. The Balaban J connectivity index is 1.66. The van der Waals surface area contributed by atoms with E-state index in [2.05, 4.69) is 37.1 Å². The van der Waals surface area contributed by atoms with E-state index in [1.54, 1.807) is 6.20 Å². The minimum atomic E-state index is -0.379. The summed E-state index contributed by atoms with van der Waals surface area (Å²) < 4.78 is 12.3. The summed E-state index contributed by atoms with van der Waals surface area (Å²) in [6, 6.07) is 6.12. The van der Waals surface area contributed by atoms with Crippen LogP contribution in [0.1, 0.15) is 74.3 Å². The van der Waals surface area contributed by atoms with Gasteiger partial charge in [-0.15, -0.1) is 11.3 Å². The highest BCUT2D eigenvalue weighted by Gasteiger charge is 2.51. The molecule has 0 bridgehead atoms. The van der Waals surface area contributed by atoms with Crippen LogP contribution in [0.5, 0.6) is 0 Å². The molecule has 1 aromatic carbocycles. The molecule has 0 radical (unpaired) electrons. The van der Waals surface area contributed by atoms with Crippen LogP contribution in [0.3, 0.4) is 0 Å². The number of aromatic nitrogens is 1. The first-order valence-electron chi connectivity index (χ1n) is 10.00. The van der Waals surface area contributed by atoms with Crippen LogP contribution in [0.4, 0.5) is 0 Å². The molecule has 3 rings (SSSR count). The number of hydrogen-bond acceptors (Lipinski definition) is 5. The number of carbonyl (C=O) groups is 1. The quantitative estimate of drug-likeness (QED) is 0.769. The van der Waals surface area contributed by atoms with Gasteiger partial charge in [0.25, 0.3) is 5.91 Å². The molecule has 7 heteroatoms. The first-order chi connectivity index (χ1) is 13.3. The number of nitrogens with zero attached hydrogens (tertiary/aromatic N) is 1. The van der Waals surface area contributed by atoms with E-state index in [9.17, 15) is 4.79 Å². The third kappa shape index (κ3) is 4.57. The van der Waals surface area contributed by atoms with Gasteiger partial charge < -0.3 is 14.6 Å². The van der Waals surface area contributed by atoms with Crippen LogP contribution in [0.25, 0.3) is 0 Å². The van der Waals surface area contributed by atoms with Gasteiger partial charge >= 0.3 is 7.12 Å². The molecular weight excluding hydrogens is 383 g/mol. The van der Waals surface area contributed by atoms with Crippen LogP contribution in [-0.2, 0) is 21.3 Å². The molecule has 1 fully saturated rings. The Morgan fingerprint density at radius 1 is 1.17 bits per heavy atom. The molecule has 0 atom stereocenters. The van der Waals surface area contributed by atoms with E-state index in [0.717, 1.165) is 21.6 Å². The monoisotopic (exact) mass is 414 g/mol. The first-order valence-corrected chi connectivity index (χ1v) is 10.8. The molecule has 1 amide bonds. The first kappa shape index (κ1) is 22.0. The molecule has 1 saturated heterocycles. The third-order valence-corrected chi connectivity index (χ3v) is 7.12. The molecule has 0 saturated carbocycles. The second-order valence-corrected chi connectivity index (χ2v) is 10.8. The maximum Gasteiger partial charge on any atom is 0.494 e. The van der Waals surface area contributed by atoms with Crippen LogP contribution < -0.4 is 10.8 Å². The summed E-state index contributed by atoms with van der Waals surface area (Å²) in [6.45, 7) is 17.0. The van der Waals surface area contributed by atoms with Gasteiger partial charge in [-0.1, -0.05) is 39.0 Å². The van der Waals surface area contributed by atoms with E-state index in [-0.39, 0.29) is 29.6 Å². The van der Waals surface area contributed by atoms with Crippen molar-refractivity contribution in [1.29, 1.82) is 0 Å². The third-order valence-electron chi connectivity index (χ3n) is 5.70. The summed E-state index contributed by atoms with van der Waals surface area (Å²) in [5, 5.41) is 3.97. The fourth-order valence-corrected chi connectivity index (χ4v) is 3.92. The van der Waals surface area contributed by atoms with Gasteiger partial charge in [-0.3, -0.25) is 4.79 Å². The van der Waals surface area contributed by atoms with E-state index in [1.165, 1.54) is 11.3 Å². The highest BCUT2D eigenvalue weighted by molar-refractivity contribution is 7.13. The number of amides is 1. The van der Waals surface area contributed by atoms with Crippen molar-refractivity contribution in [3.05, 3.63) is 45.4 Å². The Morgan fingerprint density at radius 3 is 2.31 bits per heavy atom. The van der Waals surface area contributed by atoms with Gasteiger partial charge in [-0.25, -0.2) is 4.98 Å². The zero-order valence-corrected chi connectivity index (χ0v) is 19.5. The topological polar surface area (TPSA) is 60.5 Å². The van der Waals surface area contributed by atoms with Crippen molar-refractivity contribution in [3.8, 4) is 0 Å². The highest BCUT2D eigenvalue weighted by atomic mass is 32.1. The highest BCUT2D eigenvalue weighted by Crippen LogP contribution is 2.36. The largest absolute Gasteiger partial charge is 0.494 e. The lowest BCUT2D eigenvalue weighted by Gasteiger charge is -2.32. The Bertz CT molecular complexity index is 899. The number of carbonyl (C=O) groups excluding carboxylic acids is 1. The van der Waals surface area contributed by atoms with Crippen molar-refractivity contribution in [3.63, 3.8) is 0 Å². The van der Waals surface area contributed by atoms with E-state index in [4.69, 9.17) is 9.31 Å². The summed E-state index contributed by atoms with van der Waals surface area (Å²) in [7, 11) is -0.379. The molecule has 0 aliphatic carbocycles. The summed E-state index contributed by atoms with van der Waals surface area (Å²) >= 11 is 1.45. The summed E-state index contributed by atoms with van der Waals surface area (Å²) in [6.07, 6.45) is 1.66. The minimum absolute atomic E-state index is 0.0525. The maximum absolute atomic E-state index is 12.5. The fourth-order valence-electron chi connectivity index (χ4n) is 3.03. The van der Waals surface area contributed by atoms with Gasteiger partial charge in [0, 0.05) is 12.0 Å². The van der Waals surface area contributed by atoms with Crippen molar-refractivity contribution in [1.82, 2.24) is 10.3 Å². The van der Waals surface area contributed by atoms with Crippen LogP contribution in [0.15, 0.2) is 24.4 Å². The van der Waals surface area contributed by atoms with Crippen LogP contribution in [0, 0.1) is 6.92 Å². The fraction of sp³-hybridized carbons (Fsp3) is 0.545. The summed E-state index contributed by atoms with van der Waals surface area (Å²) in [4.78, 5) is 17.5. The number of rotatable bonds is 4. The van der Waals surface area contributed by atoms with Gasteiger partial charge in [-0.2, -0.15) is 0 Å². The standard InChI is InChI=1S/C22H31BN2O3S/c1-14-11-16(23-27-21(5,6)22(7,8)28-23)10-9-15(14)12-24-18(26)17-13-25-19(29-17)20(2,3)4/h9-11,13H,12H2,1-8H3,(H,24,26). The molecule has 1 aliphatic rings. The lowest BCUT2D eigenvalue weighted by Crippen LogP contribution is -2.41. The molecular formula is C22H31BN2O3S. The van der Waals surface area contributed by atoms with Crippen molar-refractivity contribution in [2.45, 2.75) is 78.6 Å². The van der Waals surface area contributed by atoms with E-state index in [0.29, 0.717) is 11.4 Å². The number of aryl methyl sites for hydroxylation is 1. The van der Waals surface area contributed by atoms with E-state index >= 15 is 0 Å². The van der Waals surface area contributed by atoms with Crippen molar-refractivity contribution >= 4 is 29.8 Å². The minimum Gasteiger partial charge on any atom is -0.399 e. The van der Waals surface area contributed by atoms with Gasteiger partial charge in [0.2, 0.25) is 0 Å². The maximum atomic E-state index is 12.5. The SMILES string of the molecule is Cc1cc(B2OC(C)(C)C(C)(C)O2)ccc1CNC(=O)c1cnc(C(C)(C)C)s1. The summed E-state index contributed by atoms with van der Waals surface area (Å²) in [5.74, 6) is -0.0903. The molecule has 2 aromatic rings. The zero-order valence-electron chi connectivity index (χ0n) is 18.7. The Labute approximate surface area is 178 Å². The zero-order chi connectivity index (χ0) is 21.6. The lowest BCUT2D eigenvalue weighted by molar-refractivity contribution is 0.00578. The van der Waals surface area contributed by atoms with Crippen molar-refractivity contribution in [2.75, 3.05) is 0 Å². The van der Waals surface area contributed by atoms with Crippen molar-refractivity contribution in [2.24, 2.45) is 0 Å². The predicted molar refractivity (Wildman–Crippen MR) is 119 cm³/mol. The molecule has 1 N–H and O–H groups in total. The van der Waals surface area contributed by atoms with Gasteiger partial charge in [0.1, 0.15) is 4.88 Å². The second-order valence-electron chi connectivity index (χ2n) is 9.74. The van der Waals surface area contributed by atoms with Gasteiger partial charge in [0.15, 0.2) is 0 Å².